The Kier molecular flexibility index (Phi) is 6.48. The van der Waals surface area contributed by atoms with Crippen molar-refractivity contribution >= 4 is 93.7 Å². The summed E-state index contributed by atoms with van der Waals surface area (Å²) in [5.41, 5.74) is 15.0. The summed E-state index contributed by atoms with van der Waals surface area (Å²) in [7, 11) is 0. The van der Waals surface area contributed by atoms with Gasteiger partial charge in [-0.25, -0.2) is 0 Å². The van der Waals surface area contributed by atoms with Crippen LogP contribution in [-0.4, -0.2) is 0 Å². The van der Waals surface area contributed by atoms with Crippen LogP contribution in [-0.2, 0) is 5.41 Å². The number of benzene rings is 9. The zero-order valence-electron chi connectivity index (χ0n) is 32.4. The molecule has 1 aliphatic carbocycles. The fourth-order valence-electron chi connectivity index (χ4n) is 10.1. The van der Waals surface area contributed by atoms with Crippen molar-refractivity contribution in [3.05, 3.63) is 187 Å². The van der Waals surface area contributed by atoms with Gasteiger partial charge in [0, 0.05) is 59.9 Å². The molecule has 59 heavy (non-hydrogen) atoms. The van der Waals surface area contributed by atoms with E-state index in [-0.39, 0.29) is 5.41 Å². The van der Waals surface area contributed by atoms with Gasteiger partial charge in [-0.1, -0.05) is 147 Å². The van der Waals surface area contributed by atoms with E-state index in [9.17, 15) is 0 Å². The number of nitrogens with zero attached hydrogens (tertiary/aromatic N) is 1. The van der Waals surface area contributed by atoms with Gasteiger partial charge in [0.25, 0.3) is 0 Å². The van der Waals surface area contributed by atoms with Crippen LogP contribution in [0.5, 0.6) is 0 Å². The SMILES string of the molecule is CC1(C)c2ccccc2-c2ccc(N(c3cccc4ccccc34)c3cccc4c3oc3c(-c5cccc6c5oc5ccccc56)c5c(cc34)oc3ccccc35)cc21. The molecule has 278 valence electrons. The molecule has 0 bridgehead atoms. The first kappa shape index (κ1) is 32.5. The molecular formula is C55H35NO3. The molecule has 0 radical (unpaired) electrons. The van der Waals surface area contributed by atoms with Gasteiger partial charge in [0.2, 0.25) is 0 Å². The monoisotopic (exact) mass is 757 g/mol. The molecule has 0 atom stereocenters. The number of anilines is 3. The largest absolute Gasteiger partial charge is 0.456 e. The lowest BCUT2D eigenvalue weighted by molar-refractivity contribution is 0.660. The molecule has 0 spiro atoms. The third kappa shape index (κ3) is 4.43. The summed E-state index contributed by atoms with van der Waals surface area (Å²) >= 11 is 0. The van der Waals surface area contributed by atoms with Crippen LogP contribution in [0.4, 0.5) is 17.1 Å². The molecule has 0 saturated carbocycles. The average molecular weight is 758 g/mol. The van der Waals surface area contributed by atoms with E-state index in [0.29, 0.717) is 0 Å². The molecule has 0 amide bonds. The van der Waals surface area contributed by atoms with Crippen LogP contribution < -0.4 is 4.90 Å². The maximum atomic E-state index is 7.41. The molecule has 0 fully saturated rings. The first-order chi connectivity index (χ1) is 29.0. The molecule has 0 aliphatic heterocycles. The topological polar surface area (TPSA) is 42.7 Å². The lowest BCUT2D eigenvalue weighted by Crippen LogP contribution is -2.16. The quantitative estimate of drug-likeness (QED) is 0.179. The first-order valence-electron chi connectivity index (χ1n) is 20.3. The second-order valence-corrected chi connectivity index (χ2v) is 16.4. The van der Waals surface area contributed by atoms with Crippen molar-refractivity contribution in [3.63, 3.8) is 0 Å². The lowest BCUT2D eigenvalue weighted by Gasteiger charge is -2.29. The zero-order valence-corrected chi connectivity index (χ0v) is 32.4. The molecule has 0 unspecified atom stereocenters. The van der Waals surface area contributed by atoms with Crippen molar-refractivity contribution in [2.75, 3.05) is 4.90 Å². The van der Waals surface area contributed by atoms with Gasteiger partial charge in [-0.15, -0.1) is 0 Å². The van der Waals surface area contributed by atoms with Crippen LogP contribution in [0, 0.1) is 0 Å². The molecule has 9 aromatic carbocycles. The van der Waals surface area contributed by atoms with Gasteiger partial charge in [0.1, 0.15) is 27.9 Å². The summed E-state index contributed by atoms with van der Waals surface area (Å²) in [4.78, 5) is 2.39. The van der Waals surface area contributed by atoms with E-state index >= 15 is 0 Å². The van der Waals surface area contributed by atoms with Gasteiger partial charge in [0.15, 0.2) is 5.58 Å². The highest BCUT2D eigenvalue weighted by molar-refractivity contribution is 6.27. The van der Waals surface area contributed by atoms with Crippen molar-refractivity contribution in [1.82, 2.24) is 0 Å². The molecule has 0 N–H and O–H groups in total. The number of furan rings is 3. The minimum atomic E-state index is -0.166. The second-order valence-electron chi connectivity index (χ2n) is 16.4. The van der Waals surface area contributed by atoms with E-state index in [1.807, 2.05) is 24.3 Å². The van der Waals surface area contributed by atoms with Crippen molar-refractivity contribution in [1.29, 1.82) is 0 Å². The molecular weight excluding hydrogens is 723 g/mol. The predicted octanol–water partition coefficient (Wildman–Crippen LogP) is 16.0. The summed E-state index contributed by atoms with van der Waals surface area (Å²) in [6.07, 6.45) is 0. The van der Waals surface area contributed by atoms with Gasteiger partial charge in [-0.2, -0.15) is 0 Å². The molecule has 13 rings (SSSR count). The van der Waals surface area contributed by atoms with Crippen molar-refractivity contribution in [2.24, 2.45) is 0 Å². The Morgan fingerprint density at radius 3 is 1.90 bits per heavy atom. The summed E-state index contributed by atoms with van der Waals surface area (Å²) in [5.74, 6) is 0. The Morgan fingerprint density at radius 1 is 0.390 bits per heavy atom. The van der Waals surface area contributed by atoms with Gasteiger partial charge in [-0.3, -0.25) is 0 Å². The minimum Gasteiger partial charge on any atom is -0.456 e. The molecule has 12 aromatic rings. The Balaban J connectivity index is 1.14. The molecule has 3 heterocycles. The smallest absolute Gasteiger partial charge is 0.159 e. The highest BCUT2D eigenvalue weighted by Gasteiger charge is 2.36. The summed E-state index contributed by atoms with van der Waals surface area (Å²) < 4.78 is 20.8. The van der Waals surface area contributed by atoms with Crippen LogP contribution in [0.25, 0.3) is 98.8 Å². The predicted molar refractivity (Wildman–Crippen MR) is 243 cm³/mol. The summed E-state index contributed by atoms with van der Waals surface area (Å²) in [6, 6.07) is 62.6. The molecule has 1 aliphatic rings. The number of para-hydroxylation sites is 4. The van der Waals surface area contributed by atoms with Crippen LogP contribution in [0.3, 0.4) is 0 Å². The number of fused-ring (bicyclic) bond motifs is 13. The number of rotatable bonds is 4. The molecule has 4 nitrogen and oxygen atoms in total. The Hall–Kier alpha value is -7.56. The standard InChI is InChI=1S/C55H35NO3/c1-55(2)43-23-8-5-17-35(43)36-29-28-33(30-44(36)55)56(45-24-11-15-32-14-3-4-16-34(32)45)46-25-13-21-39-42-31-49-50(40-19-7-10-27-48(40)57-49)51(54(42)59-53(39)46)41-22-12-20-38-37-18-6-9-26-47(37)58-52(38)41/h3-31H,1-2H3. The Morgan fingerprint density at radius 2 is 1.02 bits per heavy atom. The fourth-order valence-corrected chi connectivity index (χ4v) is 10.1. The lowest BCUT2D eigenvalue weighted by atomic mass is 9.82. The van der Waals surface area contributed by atoms with Gasteiger partial charge in [0.05, 0.1) is 11.4 Å². The maximum absolute atomic E-state index is 7.41. The Bertz CT molecular complexity index is 3720. The third-order valence-corrected chi connectivity index (χ3v) is 12.9. The van der Waals surface area contributed by atoms with Crippen molar-refractivity contribution in [3.8, 4) is 22.3 Å². The van der Waals surface area contributed by atoms with Crippen LogP contribution in [0.15, 0.2) is 189 Å². The van der Waals surface area contributed by atoms with Crippen molar-refractivity contribution < 1.29 is 13.3 Å². The average Bonchev–Trinajstić information content (AvgIpc) is 4.02. The van der Waals surface area contributed by atoms with E-state index in [4.69, 9.17) is 13.3 Å². The van der Waals surface area contributed by atoms with E-state index in [0.717, 1.165) is 99.4 Å². The van der Waals surface area contributed by atoms with Crippen molar-refractivity contribution in [2.45, 2.75) is 19.3 Å². The maximum Gasteiger partial charge on any atom is 0.159 e. The van der Waals surface area contributed by atoms with Crippen LogP contribution >= 0.6 is 0 Å². The second kappa shape index (κ2) is 11.7. The molecule has 0 saturated heterocycles. The summed E-state index contributed by atoms with van der Waals surface area (Å²) in [5, 5.41) is 8.53. The Labute approximate surface area is 339 Å². The third-order valence-electron chi connectivity index (χ3n) is 12.9. The zero-order chi connectivity index (χ0) is 39.0. The normalized spacial score (nSPS) is 13.4. The van der Waals surface area contributed by atoms with Gasteiger partial charge >= 0.3 is 0 Å². The highest BCUT2D eigenvalue weighted by atomic mass is 16.3. The molecule has 4 heteroatoms. The van der Waals surface area contributed by atoms with E-state index in [1.54, 1.807) is 0 Å². The number of hydrogen-bond acceptors (Lipinski definition) is 4. The summed E-state index contributed by atoms with van der Waals surface area (Å²) in [6.45, 7) is 4.68. The van der Waals surface area contributed by atoms with E-state index < -0.39 is 0 Å². The highest BCUT2D eigenvalue weighted by Crippen LogP contribution is 2.53. The van der Waals surface area contributed by atoms with Crippen LogP contribution in [0.1, 0.15) is 25.0 Å². The fraction of sp³-hybridized carbons (Fsp3) is 0.0545. The van der Waals surface area contributed by atoms with Gasteiger partial charge < -0.3 is 18.2 Å². The first-order valence-corrected chi connectivity index (χ1v) is 20.3. The number of hydrogen-bond donors (Lipinski definition) is 0. The molecule has 3 aromatic heterocycles. The van der Waals surface area contributed by atoms with E-state index in [2.05, 4.69) is 170 Å². The van der Waals surface area contributed by atoms with Gasteiger partial charge in [-0.05, 0) is 70.1 Å². The minimum absolute atomic E-state index is 0.166. The van der Waals surface area contributed by atoms with Crippen LogP contribution in [0.2, 0.25) is 0 Å². The van der Waals surface area contributed by atoms with E-state index in [1.165, 1.54) is 27.6 Å².